The van der Waals surface area contributed by atoms with Crippen molar-refractivity contribution in [2.45, 2.75) is 24.5 Å². The van der Waals surface area contributed by atoms with Crippen LogP contribution in [-0.4, -0.2) is 29.3 Å². The molecule has 3 nitrogen and oxygen atoms in total. The molecule has 1 aliphatic heterocycles. The number of aliphatic hydroxyl groups is 1. The normalized spacial score (nSPS) is 27.2. The van der Waals surface area contributed by atoms with Gasteiger partial charge in [0.1, 0.15) is 11.6 Å². The van der Waals surface area contributed by atoms with Gasteiger partial charge in [-0.3, -0.25) is 0 Å². The van der Waals surface area contributed by atoms with Crippen LogP contribution in [0.5, 0.6) is 0 Å². The maximum Gasteiger partial charge on any atom is 0.217 e. The first-order chi connectivity index (χ1) is 12.8. The molecule has 4 rings (SSSR count). The van der Waals surface area contributed by atoms with E-state index in [0.717, 1.165) is 17.5 Å². The summed E-state index contributed by atoms with van der Waals surface area (Å²) in [6.07, 6.45) is 9.80. The third-order valence-corrected chi connectivity index (χ3v) is 5.14. The lowest BCUT2D eigenvalue weighted by atomic mass is 9.78. The molecule has 2 aromatic carbocycles. The van der Waals surface area contributed by atoms with Gasteiger partial charge in [-0.2, -0.15) is 0 Å². The zero-order chi connectivity index (χ0) is 17.8. The fourth-order valence-electron chi connectivity index (χ4n) is 3.82. The molecule has 0 saturated carbocycles. The Morgan fingerprint density at radius 3 is 2.38 bits per heavy atom. The number of rotatable bonds is 5. The lowest BCUT2D eigenvalue weighted by molar-refractivity contribution is 0.0559. The van der Waals surface area contributed by atoms with Crippen molar-refractivity contribution in [1.29, 1.82) is 0 Å². The van der Waals surface area contributed by atoms with Gasteiger partial charge in [0.25, 0.3) is 0 Å². The molecular weight excluding hydrogens is 322 g/mol. The van der Waals surface area contributed by atoms with E-state index in [2.05, 4.69) is 36.4 Å². The van der Waals surface area contributed by atoms with Crippen molar-refractivity contribution >= 4 is 5.90 Å². The van der Waals surface area contributed by atoms with Crippen LogP contribution in [0.25, 0.3) is 0 Å². The van der Waals surface area contributed by atoms with Crippen molar-refractivity contribution < 1.29 is 9.84 Å². The first kappa shape index (κ1) is 16.8. The molecule has 0 amide bonds. The molecule has 132 valence electrons. The number of aliphatic imine (C=N–C) groups is 1. The van der Waals surface area contributed by atoms with Crippen molar-refractivity contribution in [3.05, 3.63) is 96.1 Å². The van der Waals surface area contributed by atoms with E-state index in [1.165, 1.54) is 0 Å². The minimum atomic E-state index is -0.674. The van der Waals surface area contributed by atoms with Gasteiger partial charge < -0.3 is 9.84 Å². The van der Waals surface area contributed by atoms with Crippen LogP contribution in [0.3, 0.4) is 0 Å². The predicted molar refractivity (Wildman–Crippen MR) is 104 cm³/mol. The molecule has 0 fully saturated rings. The molecule has 1 aliphatic carbocycles. The number of hydrogen-bond acceptors (Lipinski definition) is 3. The highest BCUT2D eigenvalue weighted by molar-refractivity contribution is 5.95. The number of ether oxygens (including phenoxy) is 1. The summed E-state index contributed by atoms with van der Waals surface area (Å²) >= 11 is 0. The van der Waals surface area contributed by atoms with Crippen molar-refractivity contribution in [1.82, 2.24) is 0 Å². The van der Waals surface area contributed by atoms with Crippen LogP contribution in [0.4, 0.5) is 0 Å². The monoisotopic (exact) mass is 345 g/mol. The van der Waals surface area contributed by atoms with Gasteiger partial charge in [-0.15, -0.1) is 0 Å². The summed E-state index contributed by atoms with van der Waals surface area (Å²) in [7, 11) is 0. The summed E-state index contributed by atoms with van der Waals surface area (Å²) in [5, 5.41) is 10.4. The lowest BCUT2D eigenvalue weighted by Gasteiger charge is -2.34. The second-order valence-corrected chi connectivity index (χ2v) is 6.96. The number of allylic oxidation sites excluding steroid dienone is 3. The second-order valence-electron chi connectivity index (χ2n) is 6.96. The summed E-state index contributed by atoms with van der Waals surface area (Å²) in [6.45, 7) is -0.0447. The van der Waals surface area contributed by atoms with Gasteiger partial charge in [-0.05, 0) is 24.1 Å². The Bertz CT molecular complexity index is 826. The lowest BCUT2D eigenvalue weighted by Crippen LogP contribution is -2.47. The smallest absolute Gasteiger partial charge is 0.217 e. The number of hydrogen-bond donors (Lipinski definition) is 1. The SMILES string of the molecule is OC[C@@]1(Cc2ccccc2)N=C(c2ccccc2)O[C@H]1C1C=CC=CC1. The highest BCUT2D eigenvalue weighted by Crippen LogP contribution is 2.38. The van der Waals surface area contributed by atoms with Crippen LogP contribution < -0.4 is 0 Å². The molecule has 2 aliphatic rings. The molecule has 1 N–H and O–H groups in total. The van der Waals surface area contributed by atoms with Crippen LogP contribution in [-0.2, 0) is 11.2 Å². The van der Waals surface area contributed by atoms with Gasteiger partial charge in [0, 0.05) is 17.9 Å². The molecule has 2 aromatic rings. The van der Waals surface area contributed by atoms with E-state index < -0.39 is 5.54 Å². The first-order valence-electron chi connectivity index (χ1n) is 9.11. The summed E-state index contributed by atoms with van der Waals surface area (Å²) in [6, 6.07) is 20.2. The maximum atomic E-state index is 10.4. The Kier molecular flexibility index (Phi) is 4.72. The Morgan fingerprint density at radius 1 is 1.00 bits per heavy atom. The Labute approximate surface area is 154 Å². The summed E-state index contributed by atoms with van der Waals surface area (Å²) < 4.78 is 6.37. The van der Waals surface area contributed by atoms with Gasteiger partial charge in [-0.25, -0.2) is 4.99 Å². The minimum Gasteiger partial charge on any atom is -0.471 e. The molecule has 0 saturated heterocycles. The van der Waals surface area contributed by atoms with E-state index in [4.69, 9.17) is 9.73 Å². The third kappa shape index (κ3) is 3.23. The highest BCUT2D eigenvalue weighted by atomic mass is 16.5. The predicted octanol–water partition coefficient (Wildman–Crippen LogP) is 3.94. The molecular formula is C23H23NO2. The zero-order valence-corrected chi connectivity index (χ0v) is 14.7. The Morgan fingerprint density at radius 2 is 1.73 bits per heavy atom. The van der Waals surface area contributed by atoms with E-state index in [9.17, 15) is 5.11 Å². The maximum absolute atomic E-state index is 10.4. The standard InChI is InChI=1S/C23H23NO2/c25-17-23(16-18-10-4-1-5-11-18)21(19-12-6-2-7-13-19)26-22(24-23)20-14-8-3-9-15-20/h1-12,14-15,19,21,25H,13,16-17H2/t19?,21-,23+/m0/s1. The molecule has 0 bridgehead atoms. The molecule has 3 heteroatoms. The number of nitrogens with zero attached hydrogens (tertiary/aromatic N) is 1. The van der Waals surface area contributed by atoms with Gasteiger partial charge in [0.15, 0.2) is 0 Å². The minimum absolute atomic E-state index is 0.0447. The largest absolute Gasteiger partial charge is 0.471 e. The molecule has 26 heavy (non-hydrogen) atoms. The molecule has 1 unspecified atom stereocenters. The number of aliphatic hydroxyl groups excluding tert-OH is 1. The average Bonchev–Trinajstić information content (AvgIpc) is 3.10. The van der Waals surface area contributed by atoms with Crippen molar-refractivity contribution in [2.24, 2.45) is 10.9 Å². The molecule has 0 spiro atoms. The van der Waals surface area contributed by atoms with E-state index in [1.54, 1.807) is 0 Å². The summed E-state index contributed by atoms with van der Waals surface area (Å²) in [4.78, 5) is 4.95. The van der Waals surface area contributed by atoms with Crippen LogP contribution in [0, 0.1) is 5.92 Å². The fourth-order valence-corrected chi connectivity index (χ4v) is 3.82. The van der Waals surface area contributed by atoms with E-state index >= 15 is 0 Å². The fraction of sp³-hybridized carbons (Fsp3) is 0.261. The quantitative estimate of drug-likeness (QED) is 0.892. The second kappa shape index (κ2) is 7.30. The van der Waals surface area contributed by atoms with Gasteiger partial charge in [0.05, 0.1) is 6.61 Å². The molecule has 0 radical (unpaired) electrons. The average molecular weight is 345 g/mol. The Balaban J connectivity index is 1.72. The number of benzene rings is 2. The zero-order valence-electron chi connectivity index (χ0n) is 14.7. The van der Waals surface area contributed by atoms with Gasteiger partial charge in [0.2, 0.25) is 5.90 Å². The van der Waals surface area contributed by atoms with Crippen LogP contribution in [0.15, 0.2) is 90.0 Å². The van der Waals surface area contributed by atoms with Crippen molar-refractivity contribution in [2.75, 3.05) is 6.61 Å². The summed E-state index contributed by atoms with van der Waals surface area (Å²) in [5.41, 5.74) is 1.44. The van der Waals surface area contributed by atoms with E-state index in [-0.39, 0.29) is 18.6 Å². The third-order valence-electron chi connectivity index (χ3n) is 5.14. The van der Waals surface area contributed by atoms with Crippen molar-refractivity contribution in [3.63, 3.8) is 0 Å². The molecule has 3 atom stereocenters. The highest BCUT2D eigenvalue weighted by Gasteiger charge is 2.49. The first-order valence-corrected chi connectivity index (χ1v) is 9.11. The van der Waals surface area contributed by atoms with Gasteiger partial charge >= 0.3 is 0 Å². The summed E-state index contributed by atoms with van der Waals surface area (Å²) in [5.74, 6) is 0.823. The van der Waals surface area contributed by atoms with E-state index in [0.29, 0.717) is 12.3 Å². The van der Waals surface area contributed by atoms with Crippen LogP contribution in [0.2, 0.25) is 0 Å². The topological polar surface area (TPSA) is 41.8 Å². The van der Waals surface area contributed by atoms with Gasteiger partial charge in [-0.1, -0.05) is 72.8 Å². The molecule has 0 aromatic heterocycles. The van der Waals surface area contributed by atoms with Crippen LogP contribution >= 0.6 is 0 Å². The molecule has 1 heterocycles. The van der Waals surface area contributed by atoms with Crippen LogP contribution in [0.1, 0.15) is 17.5 Å². The van der Waals surface area contributed by atoms with E-state index in [1.807, 2.05) is 48.5 Å². The Hall–Kier alpha value is -2.65. The van der Waals surface area contributed by atoms with Crippen molar-refractivity contribution in [3.8, 4) is 0 Å².